The second-order valence-electron chi connectivity index (χ2n) is 9.46. The van der Waals surface area contributed by atoms with Gasteiger partial charge < -0.3 is 24.3 Å². The van der Waals surface area contributed by atoms with Crippen molar-refractivity contribution in [1.82, 2.24) is 4.90 Å². The minimum atomic E-state index is -1.06. The molecule has 2 atom stereocenters. The Kier molecular flexibility index (Phi) is 8.28. The van der Waals surface area contributed by atoms with Crippen molar-refractivity contribution in [2.45, 2.75) is 57.4 Å². The average Bonchev–Trinajstić information content (AvgIpc) is 3.49. The number of furan rings is 1. The first-order valence-corrected chi connectivity index (χ1v) is 12.5. The molecule has 1 saturated carbocycles. The molecule has 190 valence electrons. The maximum atomic E-state index is 13.3. The van der Waals surface area contributed by atoms with E-state index in [1.54, 1.807) is 31.4 Å². The van der Waals surface area contributed by atoms with Crippen LogP contribution in [0.5, 0.6) is 0 Å². The molecule has 2 N–H and O–H groups in total. The Bertz CT molecular complexity index is 1040. The van der Waals surface area contributed by atoms with Crippen molar-refractivity contribution in [3.8, 4) is 0 Å². The fourth-order valence-corrected chi connectivity index (χ4v) is 5.45. The second-order valence-corrected chi connectivity index (χ2v) is 9.46. The number of methoxy groups -OCH3 is 1. The highest BCUT2D eigenvalue weighted by Gasteiger charge is 2.45. The molecule has 35 heavy (non-hydrogen) atoms. The summed E-state index contributed by atoms with van der Waals surface area (Å²) in [5.41, 5.74) is 1.03. The van der Waals surface area contributed by atoms with Gasteiger partial charge in [-0.2, -0.15) is 0 Å². The lowest BCUT2D eigenvalue weighted by Gasteiger charge is -2.32. The highest BCUT2D eigenvalue weighted by Crippen LogP contribution is 2.39. The summed E-state index contributed by atoms with van der Waals surface area (Å²) in [4.78, 5) is 38.7. The summed E-state index contributed by atoms with van der Waals surface area (Å²) in [5, 5.41) is 13.3. The molecule has 2 heterocycles. The van der Waals surface area contributed by atoms with E-state index in [0.29, 0.717) is 48.6 Å². The van der Waals surface area contributed by atoms with Crippen LogP contribution >= 0.6 is 0 Å². The minimum absolute atomic E-state index is 0.0364. The van der Waals surface area contributed by atoms with E-state index in [-0.39, 0.29) is 24.2 Å². The highest BCUT2D eigenvalue weighted by molar-refractivity contribution is 5.99. The molecule has 9 nitrogen and oxygen atoms in total. The lowest BCUT2D eigenvalue weighted by atomic mass is 9.76. The van der Waals surface area contributed by atoms with E-state index in [0.717, 1.165) is 32.1 Å². The number of anilines is 1. The number of rotatable bonds is 9. The first-order valence-electron chi connectivity index (χ1n) is 12.5. The number of carbonyl (C=O) groups excluding carboxylic acids is 2. The van der Waals surface area contributed by atoms with Gasteiger partial charge in [0.15, 0.2) is 0 Å². The van der Waals surface area contributed by atoms with Crippen LogP contribution in [0.15, 0.2) is 28.7 Å². The van der Waals surface area contributed by atoms with Crippen LogP contribution in [0.3, 0.4) is 0 Å². The molecule has 1 aromatic heterocycles. The Hall–Kier alpha value is -3.07. The Morgan fingerprint density at radius 2 is 1.86 bits per heavy atom. The van der Waals surface area contributed by atoms with Crippen molar-refractivity contribution >= 4 is 34.6 Å². The van der Waals surface area contributed by atoms with E-state index in [1.165, 1.54) is 11.3 Å². The van der Waals surface area contributed by atoms with Crippen LogP contribution in [-0.4, -0.2) is 60.9 Å². The molecular weight excluding hydrogens is 452 g/mol. The van der Waals surface area contributed by atoms with Crippen molar-refractivity contribution in [1.29, 1.82) is 0 Å². The summed E-state index contributed by atoms with van der Waals surface area (Å²) in [5.74, 6) is -0.334. The summed E-state index contributed by atoms with van der Waals surface area (Å²) in [6.45, 7) is 1.28. The number of amides is 2. The smallest absolute Gasteiger partial charge is 0.407 e. The van der Waals surface area contributed by atoms with Crippen LogP contribution in [-0.2, 0) is 14.3 Å². The summed E-state index contributed by atoms with van der Waals surface area (Å²) >= 11 is 0. The molecule has 2 amide bonds. The van der Waals surface area contributed by atoms with E-state index in [2.05, 4.69) is 5.32 Å². The van der Waals surface area contributed by atoms with Crippen molar-refractivity contribution in [3.05, 3.63) is 30.0 Å². The van der Waals surface area contributed by atoms with Gasteiger partial charge in [0.25, 0.3) is 0 Å². The van der Waals surface area contributed by atoms with Crippen LogP contribution in [0.2, 0.25) is 0 Å². The average molecular weight is 487 g/mol. The predicted molar refractivity (Wildman–Crippen MR) is 129 cm³/mol. The Labute approximate surface area is 204 Å². The van der Waals surface area contributed by atoms with Gasteiger partial charge in [0.1, 0.15) is 11.6 Å². The number of likely N-dealkylation sites (tertiary alicyclic amines) is 1. The number of nitrogens with zero attached hydrogens (tertiary/aromatic N) is 1. The van der Waals surface area contributed by atoms with Crippen molar-refractivity contribution in [3.63, 3.8) is 0 Å². The third kappa shape index (κ3) is 5.96. The molecule has 9 heteroatoms. The van der Waals surface area contributed by atoms with Crippen LogP contribution in [0.1, 0.15) is 61.9 Å². The summed E-state index contributed by atoms with van der Waals surface area (Å²) in [7, 11) is 1.63. The molecule has 0 bridgehead atoms. The van der Waals surface area contributed by atoms with Crippen molar-refractivity contribution in [2.75, 3.05) is 32.2 Å². The zero-order chi connectivity index (χ0) is 24.8. The molecule has 1 aromatic carbocycles. The lowest BCUT2D eigenvalue weighted by Crippen LogP contribution is -2.47. The molecule has 0 radical (unpaired) electrons. The Balaban J connectivity index is 1.43. The first kappa shape index (κ1) is 25.0. The number of carboxylic acid groups (broad SMARTS) is 1. The zero-order valence-electron chi connectivity index (χ0n) is 20.2. The lowest BCUT2D eigenvalue weighted by molar-refractivity contribution is -0.121. The summed E-state index contributed by atoms with van der Waals surface area (Å²) < 4.78 is 15.8. The molecule has 4 rings (SSSR count). The predicted octanol–water partition coefficient (Wildman–Crippen LogP) is 4.90. The van der Waals surface area contributed by atoms with E-state index in [9.17, 15) is 19.5 Å². The topological polar surface area (TPSA) is 118 Å². The maximum absolute atomic E-state index is 13.3. The van der Waals surface area contributed by atoms with E-state index >= 15 is 0 Å². The van der Waals surface area contributed by atoms with Gasteiger partial charge in [-0.1, -0.05) is 32.1 Å². The van der Waals surface area contributed by atoms with Gasteiger partial charge in [-0.15, -0.1) is 0 Å². The standard InChI is InChI=1S/C26H34N2O7/c1-33-13-5-6-14-34-25(30)22-16-18-15-19(9-10-21(18)35-22)27-24(29)23-20(11-12-28(23)26(31)32)17-7-3-2-4-8-17/h9-10,15-17,20,23H,2-8,11-14H2,1H3,(H,27,29)(H,31,32)/t20-,23-/m0/s1. The van der Waals surface area contributed by atoms with Gasteiger partial charge in [0.05, 0.1) is 6.61 Å². The molecule has 0 spiro atoms. The van der Waals surface area contributed by atoms with Gasteiger partial charge in [0, 0.05) is 31.3 Å². The third-order valence-electron chi connectivity index (χ3n) is 7.18. The zero-order valence-corrected chi connectivity index (χ0v) is 20.2. The number of fused-ring (bicyclic) bond motifs is 1. The normalized spacial score (nSPS) is 20.8. The molecule has 2 fully saturated rings. The fraction of sp³-hybridized carbons (Fsp3) is 0.577. The van der Waals surface area contributed by atoms with E-state index in [1.807, 2.05) is 0 Å². The van der Waals surface area contributed by atoms with Gasteiger partial charge >= 0.3 is 12.1 Å². The highest BCUT2D eigenvalue weighted by atomic mass is 16.5. The van der Waals surface area contributed by atoms with Gasteiger partial charge in [-0.3, -0.25) is 9.69 Å². The number of esters is 1. The number of benzene rings is 1. The molecule has 0 unspecified atom stereocenters. The van der Waals surface area contributed by atoms with Crippen molar-refractivity contribution in [2.24, 2.45) is 11.8 Å². The molecule has 1 aliphatic carbocycles. The SMILES string of the molecule is COCCCCOC(=O)c1cc2cc(NC(=O)[C@@H]3[C@H](C4CCCCC4)CCN3C(=O)O)ccc2o1. The molecule has 2 aromatic rings. The largest absolute Gasteiger partial charge is 0.465 e. The number of unbranched alkanes of at least 4 members (excludes halogenated alkanes) is 1. The maximum Gasteiger partial charge on any atom is 0.407 e. The van der Waals surface area contributed by atoms with Crippen LogP contribution in [0, 0.1) is 11.8 Å². The quantitative estimate of drug-likeness (QED) is 0.382. The van der Waals surface area contributed by atoms with Gasteiger partial charge in [0.2, 0.25) is 11.7 Å². The summed E-state index contributed by atoms with van der Waals surface area (Å²) in [6, 6.07) is 6.00. The molecular formula is C26H34N2O7. The minimum Gasteiger partial charge on any atom is -0.465 e. The van der Waals surface area contributed by atoms with Crippen LogP contribution < -0.4 is 5.32 Å². The second kappa shape index (κ2) is 11.6. The monoisotopic (exact) mass is 486 g/mol. The summed E-state index contributed by atoms with van der Waals surface area (Å²) in [6.07, 6.45) is 6.74. The van der Waals surface area contributed by atoms with Gasteiger partial charge in [-0.05, 0) is 55.4 Å². The number of carbonyl (C=O) groups is 3. The Morgan fingerprint density at radius 3 is 2.60 bits per heavy atom. The third-order valence-corrected chi connectivity index (χ3v) is 7.18. The van der Waals surface area contributed by atoms with Crippen molar-refractivity contribution < 1.29 is 33.4 Å². The van der Waals surface area contributed by atoms with Crippen LogP contribution in [0.4, 0.5) is 10.5 Å². The van der Waals surface area contributed by atoms with E-state index in [4.69, 9.17) is 13.9 Å². The Morgan fingerprint density at radius 1 is 1.09 bits per heavy atom. The first-order chi connectivity index (χ1) is 17.0. The number of ether oxygens (including phenoxy) is 2. The fourth-order valence-electron chi connectivity index (χ4n) is 5.45. The molecule has 1 saturated heterocycles. The van der Waals surface area contributed by atoms with Crippen LogP contribution in [0.25, 0.3) is 11.0 Å². The van der Waals surface area contributed by atoms with E-state index < -0.39 is 18.1 Å². The molecule has 1 aliphatic heterocycles. The number of hydrogen-bond donors (Lipinski definition) is 2. The number of nitrogens with one attached hydrogen (secondary N) is 1. The number of hydrogen-bond acceptors (Lipinski definition) is 6. The molecule has 2 aliphatic rings. The van der Waals surface area contributed by atoms with Gasteiger partial charge in [-0.25, -0.2) is 9.59 Å².